The summed E-state index contributed by atoms with van der Waals surface area (Å²) in [6.07, 6.45) is 0.185. The topological polar surface area (TPSA) is 84.1 Å². The van der Waals surface area contributed by atoms with Gasteiger partial charge in [-0.05, 0) is 42.3 Å². The number of nitrogens with one attached hydrogen (secondary N) is 2. The number of rotatable bonds is 6. The summed E-state index contributed by atoms with van der Waals surface area (Å²) in [7, 11) is 0. The molecule has 6 nitrogen and oxygen atoms in total. The highest BCUT2D eigenvalue weighted by atomic mass is 35.5. The molecule has 8 heteroatoms. The van der Waals surface area contributed by atoms with E-state index in [1.165, 1.54) is 11.8 Å². The Kier molecular flexibility index (Phi) is 6.11. The fourth-order valence-corrected chi connectivity index (χ4v) is 4.37. The molecule has 2 heterocycles. The van der Waals surface area contributed by atoms with Gasteiger partial charge in [0.1, 0.15) is 11.6 Å². The second-order valence-electron chi connectivity index (χ2n) is 6.86. The van der Waals surface area contributed by atoms with E-state index in [1.54, 1.807) is 0 Å². The van der Waals surface area contributed by atoms with Gasteiger partial charge in [0, 0.05) is 23.1 Å². The van der Waals surface area contributed by atoms with E-state index < -0.39 is 0 Å². The molecule has 0 spiro atoms. The van der Waals surface area contributed by atoms with Crippen molar-refractivity contribution in [2.45, 2.75) is 30.2 Å². The Hall–Kier alpha value is -2.77. The zero-order valence-corrected chi connectivity index (χ0v) is 17.8. The highest BCUT2D eigenvalue weighted by molar-refractivity contribution is 7.98. The van der Waals surface area contributed by atoms with Gasteiger partial charge in [-0.25, -0.2) is 4.98 Å². The molecule has 1 aliphatic heterocycles. The van der Waals surface area contributed by atoms with Gasteiger partial charge in [-0.2, -0.15) is 0 Å². The predicted molar refractivity (Wildman–Crippen MR) is 119 cm³/mol. The molecule has 1 aromatic heterocycles. The molecule has 0 bridgehead atoms. The maximum atomic E-state index is 12.9. The van der Waals surface area contributed by atoms with Crippen molar-refractivity contribution in [3.8, 4) is 5.75 Å². The number of amides is 1. The van der Waals surface area contributed by atoms with Crippen molar-refractivity contribution < 1.29 is 9.53 Å². The van der Waals surface area contributed by atoms with E-state index in [2.05, 4.69) is 15.3 Å². The van der Waals surface area contributed by atoms with Crippen molar-refractivity contribution in [1.29, 1.82) is 0 Å². The summed E-state index contributed by atoms with van der Waals surface area (Å²) in [5.74, 6) is 1.11. The Morgan fingerprint density at radius 2 is 2.00 bits per heavy atom. The minimum atomic E-state index is -0.374. The highest BCUT2D eigenvalue weighted by Crippen LogP contribution is 2.35. The van der Waals surface area contributed by atoms with E-state index in [0.29, 0.717) is 39.7 Å². The van der Waals surface area contributed by atoms with Crippen LogP contribution in [0.4, 0.5) is 5.82 Å². The van der Waals surface area contributed by atoms with Crippen LogP contribution in [0, 0.1) is 0 Å². The Labute approximate surface area is 183 Å². The smallest absolute Gasteiger partial charge is 0.257 e. The lowest BCUT2D eigenvalue weighted by atomic mass is 9.87. The van der Waals surface area contributed by atoms with Crippen molar-refractivity contribution in [2.75, 3.05) is 11.9 Å². The van der Waals surface area contributed by atoms with Gasteiger partial charge in [-0.15, -0.1) is 0 Å². The molecule has 154 valence electrons. The van der Waals surface area contributed by atoms with Crippen molar-refractivity contribution in [3.63, 3.8) is 0 Å². The van der Waals surface area contributed by atoms with Gasteiger partial charge >= 0.3 is 0 Å². The molecular formula is C22H20ClN3O3S. The number of nitrogens with zero attached hydrogens (tertiary/aromatic N) is 1. The average Bonchev–Trinajstić information content (AvgIpc) is 2.73. The highest BCUT2D eigenvalue weighted by Gasteiger charge is 2.31. The van der Waals surface area contributed by atoms with Crippen LogP contribution in [0.25, 0.3) is 0 Å². The fraction of sp³-hybridized carbons (Fsp3) is 0.227. The lowest BCUT2D eigenvalue weighted by molar-refractivity contribution is -0.116. The van der Waals surface area contributed by atoms with Crippen LogP contribution >= 0.6 is 23.4 Å². The van der Waals surface area contributed by atoms with Crippen LogP contribution < -0.4 is 15.6 Å². The molecular weight excluding hydrogens is 422 g/mol. The molecule has 2 N–H and O–H groups in total. The van der Waals surface area contributed by atoms with Crippen LogP contribution in [0.2, 0.25) is 5.02 Å². The lowest BCUT2D eigenvalue weighted by Gasteiger charge is -2.24. The molecule has 0 radical (unpaired) electrons. The molecule has 4 rings (SSSR count). The number of carbonyl (C=O) groups is 1. The molecule has 3 aromatic rings. The van der Waals surface area contributed by atoms with Crippen LogP contribution in [-0.2, 0) is 10.5 Å². The number of hydrogen-bond acceptors (Lipinski definition) is 5. The summed E-state index contributed by atoms with van der Waals surface area (Å²) in [4.78, 5) is 32.6. The first-order valence-electron chi connectivity index (χ1n) is 9.57. The molecule has 0 saturated carbocycles. The lowest BCUT2D eigenvalue weighted by Crippen LogP contribution is -2.31. The first-order chi connectivity index (χ1) is 14.5. The fourth-order valence-electron chi connectivity index (χ4n) is 3.42. The summed E-state index contributed by atoms with van der Waals surface area (Å²) in [5.41, 5.74) is 2.13. The first-order valence-corrected chi connectivity index (χ1v) is 10.9. The minimum Gasteiger partial charge on any atom is -0.494 e. The maximum Gasteiger partial charge on any atom is 0.257 e. The summed E-state index contributed by atoms with van der Waals surface area (Å²) < 4.78 is 5.57. The van der Waals surface area contributed by atoms with Gasteiger partial charge in [0.25, 0.3) is 5.56 Å². The van der Waals surface area contributed by atoms with Gasteiger partial charge in [0.2, 0.25) is 5.91 Å². The van der Waals surface area contributed by atoms with Crippen molar-refractivity contribution in [2.24, 2.45) is 0 Å². The van der Waals surface area contributed by atoms with Gasteiger partial charge in [0.15, 0.2) is 5.16 Å². The normalized spacial score (nSPS) is 15.4. The average molecular weight is 442 g/mol. The van der Waals surface area contributed by atoms with Crippen molar-refractivity contribution >= 4 is 35.1 Å². The SMILES string of the molecule is CCOc1cccc(C2CC(=O)Nc3nc(SCc4ccc(Cl)cc4)[nH]c(=O)c32)c1. The van der Waals surface area contributed by atoms with E-state index in [9.17, 15) is 9.59 Å². The van der Waals surface area contributed by atoms with Gasteiger partial charge in [-0.3, -0.25) is 9.59 Å². The van der Waals surface area contributed by atoms with Crippen LogP contribution in [0.3, 0.4) is 0 Å². The van der Waals surface area contributed by atoms with Crippen molar-refractivity contribution in [1.82, 2.24) is 9.97 Å². The second-order valence-corrected chi connectivity index (χ2v) is 8.26. The molecule has 0 saturated heterocycles. The Bertz CT molecular complexity index is 1130. The molecule has 0 aliphatic carbocycles. The predicted octanol–water partition coefficient (Wildman–Crippen LogP) is 4.59. The number of hydrogen-bond donors (Lipinski definition) is 2. The van der Waals surface area contributed by atoms with Crippen molar-refractivity contribution in [3.05, 3.63) is 80.6 Å². The zero-order chi connectivity index (χ0) is 21.1. The van der Waals surface area contributed by atoms with Gasteiger partial charge in [0.05, 0.1) is 12.2 Å². The van der Waals surface area contributed by atoms with E-state index in [1.807, 2.05) is 55.5 Å². The molecule has 1 unspecified atom stereocenters. The Balaban J connectivity index is 1.63. The summed E-state index contributed by atoms with van der Waals surface area (Å²) in [6.45, 7) is 2.45. The van der Waals surface area contributed by atoms with Crippen LogP contribution in [0.1, 0.15) is 36.0 Å². The summed E-state index contributed by atoms with van der Waals surface area (Å²) >= 11 is 7.31. The molecule has 1 aliphatic rings. The molecule has 1 atom stereocenters. The summed E-state index contributed by atoms with van der Waals surface area (Å²) in [5, 5.41) is 3.88. The van der Waals surface area contributed by atoms with Gasteiger partial charge < -0.3 is 15.0 Å². The maximum absolute atomic E-state index is 12.9. The number of ether oxygens (including phenoxy) is 1. The number of carbonyl (C=O) groups excluding carboxylic acids is 1. The van der Waals surface area contributed by atoms with Crippen LogP contribution in [0.15, 0.2) is 58.5 Å². The number of fused-ring (bicyclic) bond motifs is 1. The quantitative estimate of drug-likeness (QED) is 0.431. The first kappa shape index (κ1) is 20.5. The second kappa shape index (κ2) is 8.93. The number of H-pyrrole nitrogens is 1. The molecule has 0 fully saturated rings. The van der Waals surface area contributed by atoms with Crippen LogP contribution in [0.5, 0.6) is 5.75 Å². The van der Waals surface area contributed by atoms with E-state index in [-0.39, 0.29) is 23.8 Å². The third-order valence-corrected chi connectivity index (χ3v) is 5.99. The van der Waals surface area contributed by atoms with Gasteiger partial charge in [-0.1, -0.05) is 47.6 Å². The molecule has 30 heavy (non-hydrogen) atoms. The Morgan fingerprint density at radius 1 is 1.20 bits per heavy atom. The number of halogens is 1. The largest absolute Gasteiger partial charge is 0.494 e. The standard InChI is InChI=1S/C22H20ClN3O3S/c1-2-29-16-5-3-4-14(10-16)17-11-18(27)24-20-19(17)21(28)26-22(25-20)30-12-13-6-8-15(23)9-7-13/h3-10,17H,2,11-12H2,1H3,(H2,24,25,26,27,28). The number of aromatic amines is 1. The monoisotopic (exact) mass is 441 g/mol. The van der Waals surface area contributed by atoms with E-state index in [4.69, 9.17) is 16.3 Å². The molecule has 1 amide bonds. The number of benzene rings is 2. The molecule has 2 aromatic carbocycles. The Morgan fingerprint density at radius 3 is 2.77 bits per heavy atom. The third kappa shape index (κ3) is 4.52. The number of aromatic nitrogens is 2. The zero-order valence-electron chi connectivity index (χ0n) is 16.3. The summed E-state index contributed by atoms with van der Waals surface area (Å²) in [6, 6.07) is 15.0. The third-order valence-electron chi connectivity index (χ3n) is 4.79. The van der Waals surface area contributed by atoms with E-state index in [0.717, 1.165) is 11.1 Å². The minimum absolute atomic E-state index is 0.166. The number of thioether (sulfide) groups is 1. The van der Waals surface area contributed by atoms with E-state index >= 15 is 0 Å². The number of anilines is 1. The van der Waals surface area contributed by atoms with Crippen LogP contribution in [-0.4, -0.2) is 22.5 Å².